The Kier molecular flexibility index (Phi) is 7.45. The Balaban J connectivity index is 1.31. The normalized spacial score (nSPS) is 34.4. The highest BCUT2D eigenvalue weighted by Crippen LogP contribution is 2.46. The number of fused-ring (bicyclic) bond motifs is 1. The standard InChI is InChI=1S/C29H42N2O4/c1-19-16-20(23-18-25(32)30(27(23)33)21-12-8-4-2-5-9-13-21)17-24-26(19)29(35)31(28(24)34)22-14-10-6-3-7-11-15-22/h16,20-24,26H,2-15,17-18H2,1H3. The van der Waals surface area contributed by atoms with E-state index in [-0.39, 0.29) is 65.8 Å². The van der Waals surface area contributed by atoms with Crippen LogP contribution >= 0.6 is 0 Å². The largest absolute Gasteiger partial charge is 0.279 e. The Morgan fingerprint density at radius 3 is 1.69 bits per heavy atom. The number of likely N-dealkylation sites (tertiary alicyclic amines) is 2. The lowest BCUT2D eigenvalue weighted by molar-refractivity contribution is -0.145. The highest BCUT2D eigenvalue weighted by atomic mass is 16.2. The maximum atomic E-state index is 13.6. The van der Waals surface area contributed by atoms with Gasteiger partial charge in [0.15, 0.2) is 0 Å². The molecular weight excluding hydrogens is 440 g/mol. The number of carbonyl (C=O) groups is 4. The minimum atomic E-state index is -0.387. The van der Waals surface area contributed by atoms with E-state index in [4.69, 9.17) is 0 Å². The molecule has 2 saturated heterocycles. The van der Waals surface area contributed by atoms with Crippen molar-refractivity contribution in [2.75, 3.05) is 0 Å². The summed E-state index contributed by atoms with van der Waals surface area (Å²) in [5, 5.41) is 0. The van der Waals surface area contributed by atoms with Gasteiger partial charge in [0.25, 0.3) is 0 Å². The second kappa shape index (κ2) is 10.6. The van der Waals surface area contributed by atoms with Gasteiger partial charge in [-0.25, -0.2) is 0 Å². The van der Waals surface area contributed by atoms with Crippen molar-refractivity contribution in [3.63, 3.8) is 0 Å². The Morgan fingerprint density at radius 1 is 0.629 bits per heavy atom. The zero-order chi connectivity index (χ0) is 24.5. The average molecular weight is 483 g/mol. The number of imide groups is 2. The van der Waals surface area contributed by atoms with E-state index in [1.807, 2.05) is 6.92 Å². The molecule has 0 aromatic carbocycles. The van der Waals surface area contributed by atoms with Crippen LogP contribution in [0.1, 0.15) is 110 Å². The van der Waals surface area contributed by atoms with Crippen LogP contribution in [0.3, 0.4) is 0 Å². The molecule has 0 bridgehead atoms. The van der Waals surface area contributed by atoms with Gasteiger partial charge in [-0.3, -0.25) is 29.0 Å². The average Bonchev–Trinajstić information content (AvgIpc) is 3.21. The minimum Gasteiger partial charge on any atom is -0.279 e. The van der Waals surface area contributed by atoms with Crippen LogP contribution in [0.15, 0.2) is 11.6 Å². The second-order valence-corrected chi connectivity index (χ2v) is 11.9. The van der Waals surface area contributed by atoms with Gasteiger partial charge in [0.2, 0.25) is 23.6 Å². The van der Waals surface area contributed by atoms with E-state index in [0.717, 1.165) is 56.9 Å². The molecule has 4 amide bonds. The van der Waals surface area contributed by atoms with Gasteiger partial charge in [0.1, 0.15) is 0 Å². The van der Waals surface area contributed by atoms with Crippen molar-refractivity contribution in [1.29, 1.82) is 0 Å². The number of carbonyl (C=O) groups excluding carboxylic acids is 4. The quantitative estimate of drug-likeness (QED) is 0.412. The fraction of sp³-hybridized carbons (Fsp3) is 0.793. The van der Waals surface area contributed by atoms with Crippen molar-refractivity contribution in [3.05, 3.63) is 11.6 Å². The van der Waals surface area contributed by atoms with Gasteiger partial charge in [-0.05, 0) is 44.9 Å². The summed E-state index contributed by atoms with van der Waals surface area (Å²) >= 11 is 0. The molecule has 4 atom stereocenters. The van der Waals surface area contributed by atoms with Crippen LogP contribution in [0, 0.1) is 23.7 Å². The predicted octanol–water partition coefficient (Wildman–Crippen LogP) is 5.15. The maximum absolute atomic E-state index is 13.6. The summed E-state index contributed by atoms with van der Waals surface area (Å²) in [5.41, 5.74) is 0.919. The van der Waals surface area contributed by atoms with Crippen LogP contribution in [-0.4, -0.2) is 45.5 Å². The summed E-state index contributed by atoms with van der Waals surface area (Å²) in [6.45, 7) is 1.95. The molecule has 5 rings (SSSR count). The molecule has 35 heavy (non-hydrogen) atoms. The summed E-state index contributed by atoms with van der Waals surface area (Å²) in [6, 6.07) is 0.0582. The zero-order valence-corrected chi connectivity index (χ0v) is 21.4. The topological polar surface area (TPSA) is 74.8 Å². The van der Waals surface area contributed by atoms with Crippen LogP contribution in [-0.2, 0) is 19.2 Å². The highest BCUT2D eigenvalue weighted by Gasteiger charge is 2.55. The predicted molar refractivity (Wildman–Crippen MR) is 133 cm³/mol. The van der Waals surface area contributed by atoms with E-state index in [2.05, 4.69) is 6.08 Å². The summed E-state index contributed by atoms with van der Waals surface area (Å²) in [4.78, 5) is 56.8. The zero-order valence-electron chi connectivity index (χ0n) is 21.4. The fourth-order valence-electron chi connectivity index (χ4n) is 7.72. The lowest BCUT2D eigenvalue weighted by Gasteiger charge is -2.31. The minimum absolute atomic E-state index is 0.0247. The molecule has 2 saturated carbocycles. The molecule has 0 radical (unpaired) electrons. The molecule has 6 nitrogen and oxygen atoms in total. The summed E-state index contributed by atoms with van der Waals surface area (Å²) in [7, 11) is 0. The van der Waals surface area contributed by atoms with Crippen LogP contribution in [0.2, 0.25) is 0 Å². The fourth-order valence-corrected chi connectivity index (χ4v) is 7.72. The van der Waals surface area contributed by atoms with Crippen molar-refractivity contribution in [1.82, 2.24) is 9.80 Å². The summed E-state index contributed by atoms with van der Waals surface area (Å²) < 4.78 is 0. The molecule has 192 valence electrons. The monoisotopic (exact) mass is 482 g/mol. The van der Waals surface area contributed by atoms with E-state index in [1.165, 1.54) is 38.5 Å². The molecule has 2 heterocycles. The highest BCUT2D eigenvalue weighted by molar-refractivity contribution is 6.07. The molecular formula is C29H42N2O4. The molecule has 6 heteroatoms. The summed E-state index contributed by atoms with van der Waals surface area (Å²) in [5.74, 6) is -1.41. The Morgan fingerprint density at radius 2 is 1.11 bits per heavy atom. The molecule has 4 unspecified atom stereocenters. The Bertz CT molecular complexity index is 879. The van der Waals surface area contributed by atoms with Gasteiger partial charge < -0.3 is 0 Å². The molecule has 0 N–H and O–H groups in total. The third-order valence-corrected chi connectivity index (χ3v) is 9.57. The van der Waals surface area contributed by atoms with Crippen molar-refractivity contribution >= 4 is 23.6 Å². The van der Waals surface area contributed by atoms with E-state index in [1.54, 1.807) is 9.80 Å². The maximum Gasteiger partial charge on any atom is 0.237 e. The van der Waals surface area contributed by atoms with Crippen LogP contribution < -0.4 is 0 Å². The molecule has 2 aliphatic heterocycles. The van der Waals surface area contributed by atoms with Gasteiger partial charge in [-0.15, -0.1) is 0 Å². The van der Waals surface area contributed by atoms with Crippen molar-refractivity contribution in [2.45, 2.75) is 122 Å². The number of allylic oxidation sites excluding steroid dienone is 1. The van der Waals surface area contributed by atoms with Crippen LogP contribution in [0.4, 0.5) is 0 Å². The molecule has 3 aliphatic carbocycles. The van der Waals surface area contributed by atoms with Crippen LogP contribution in [0.5, 0.6) is 0 Å². The van der Waals surface area contributed by atoms with E-state index in [9.17, 15) is 19.2 Å². The number of rotatable bonds is 3. The van der Waals surface area contributed by atoms with Gasteiger partial charge >= 0.3 is 0 Å². The van der Waals surface area contributed by atoms with Crippen LogP contribution in [0.25, 0.3) is 0 Å². The Hall–Kier alpha value is -1.98. The SMILES string of the molecule is CC1=CC(C2CC(=O)N(C3CCCCCCC3)C2=O)CC2C(=O)N(C3CCCCCCC3)C(=O)C12. The third-order valence-electron chi connectivity index (χ3n) is 9.57. The number of hydrogen-bond donors (Lipinski definition) is 0. The Labute approximate surface area is 209 Å². The van der Waals surface area contributed by atoms with Gasteiger partial charge in [-0.1, -0.05) is 75.9 Å². The van der Waals surface area contributed by atoms with Gasteiger partial charge in [0, 0.05) is 18.5 Å². The van der Waals surface area contributed by atoms with Gasteiger partial charge in [-0.2, -0.15) is 0 Å². The lowest BCUT2D eigenvalue weighted by atomic mass is 9.71. The number of nitrogens with zero attached hydrogens (tertiary/aromatic N) is 2. The van der Waals surface area contributed by atoms with E-state index in [0.29, 0.717) is 6.42 Å². The summed E-state index contributed by atoms with van der Waals surface area (Å²) in [6.07, 6.45) is 18.0. The number of amides is 4. The first-order valence-electron chi connectivity index (χ1n) is 14.4. The second-order valence-electron chi connectivity index (χ2n) is 11.9. The van der Waals surface area contributed by atoms with E-state index < -0.39 is 0 Å². The molecule has 0 aromatic heterocycles. The van der Waals surface area contributed by atoms with Crippen molar-refractivity contribution < 1.29 is 19.2 Å². The smallest absolute Gasteiger partial charge is 0.237 e. The molecule has 0 spiro atoms. The molecule has 0 aromatic rings. The molecule has 4 fully saturated rings. The number of hydrogen-bond acceptors (Lipinski definition) is 4. The first kappa shape index (κ1) is 24.7. The first-order valence-corrected chi connectivity index (χ1v) is 14.4. The van der Waals surface area contributed by atoms with Gasteiger partial charge in [0.05, 0.1) is 17.8 Å². The molecule has 5 aliphatic rings. The lowest BCUT2D eigenvalue weighted by Crippen LogP contribution is -2.42. The van der Waals surface area contributed by atoms with E-state index >= 15 is 0 Å². The first-order chi connectivity index (χ1) is 17.0. The third kappa shape index (κ3) is 4.74. The van der Waals surface area contributed by atoms with Crippen molar-refractivity contribution in [2.24, 2.45) is 23.7 Å². The van der Waals surface area contributed by atoms with Crippen molar-refractivity contribution in [3.8, 4) is 0 Å².